The molecule has 2 aromatic rings. The summed E-state index contributed by atoms with van der Waals surface area (Å²) in [5, 5.41) is 20.3. The third-order valence-corrected chi connectivity index (χ3v) is 4.26. The van der Waals surface area contributed by atoms with Gasteiger partial charge in [0.1, 0.15) is 11.4 Å². The number of carbonyl (C=O) groups excluding carboxylic acids is 1. The number of aromatic hydroxyl groups is 1. The van der Waals surface area contributed by atoms with Gasteiger partial charge in [0.15, 0.2) is 0 Å². The molecule has 0 spiro atoms. The summed E-state index contributed by atoms with van der Waals surface area (Å²) in [6.45, 7) is 2.32. The minimum atomic E-state index is -0.588. The highest BCUT2D eigenvalue weighted by atomic mass is 16.6. The van der Waals surface area contributed by atoms with E-state index in [0.717, 1.165) is 5.69 Å². The lowest BCUT2D eigenvalue weighted by Crippen LogP contribution is -2.48. The first kappa shape index (κ1) is 16.6. The topological polar surface area (TPSA) is 113 Å². The number of hydrogen-bond donors (Lipinski definition) is 2. The Labute approximate surface area is 144 Å². The molecule has 0 aromatic heterocycles. The molecule has 1 aliphatic heterocycles. The Morgan fingerprint density at radius 3 is 2.32 bits per heavy atom. The van der Waals surface area contributed by atoms with Gasteiger partial charge in [-0.15, -0.1) is 0 Å². The van der Waals surface area contributed by atoms with Gasteiger partial charge in [-0.05, 0) is 36.4 Å². The zero-order valence-corrected chi connectivity index (χ0v) is 13.5. The molecular formula is C17H18N4O4. The molecule has 0 saturated carbocycles. The first-order valence-corrected chi connectivity index (χ1v) is 7.83. The molecule has 1 aliphatic rings. The molecule has 1 heterocycles. The van der Waals surface area contributed by atoms with Gasteiger partial charge in [0.2, 0.25) is 0 Å². The van der Waals surface area contributed by atoms with Crippen LogP contribution in [0.2, 0.25) is 0 Å². The van der Waals surface area contributed by atoms with Gasteiger partial charge in [0, 0.05) is 43.5 Å². The fourth-order valence-corrected chi connectivity index (χ4v) is 2.85. The van der Waals surface area contributed by atoms with E-state index in [4.69, 9.17) is 5.73 Å². The van der Waals surface area contributed by atoms with Crippen molar-refractivity contribution in [2.24, 2.45) is 0 Å². The van der Waals surface area contributed by atoms with Crippen molar-refractivity contribution >= 4 is 23.0 Å². The van der Waals surface area contributed by atoms with Gasteiger partial charge in [-0.1, -0.05) is 0 Å². The van der Waals surface area contributed by atoms with Crippen LogP contribution in [-0.4, -0.2) is 47.0 Å². The highest BCUT2D eigenvalue weighted by Crippen LogP contribution is 2.24. The minimum Gasteiger partial charge on any atom is -0.508 e. The van der Waals surface area contributed by atoms with E-state index in [1.54, 1.807) is 17.0 Å². The number of nitrogens with two attached hydrogens (primary N) is 1. The van der Waals surface area contributed by atoms with E-state index in [1.165, 1.54) is 18.2 Å². The zero-order chi connectivity index (χ0) is 18.0. The molecule has 0 atom stereocenters. The summed E-state index contributed by atoms with van der Waals surface area (Å²) in [6.07, 6.45) is 0. The number of nitro benzene ring substituents is 1. The molecular weight excluding hydrogens is 324 g/mol. The van der Waals surface area contributed by atoms with Crippen molar-refractivity contribution in [1.82, 2.24) is 4.90 Å². The average Bonchev–Trinajstić information content (AvgIpc) is 2.62. The summed E-state index contributed by atoms with van der Waals surface area (Å²) < 4.78 is 0. The van der Waals surface area contributed by atoms with E-state index >= 15 is 0 Å². The van der Waals surface area contributed by atoms with Crippen LogP contribution in [-0.2, 0) is 0 Å². The van der Waals surface area contributed by atoms with Crippen molar-refractivity contribution in [2.45, 2.75) is 0 Å². The van der Waals surface area contributed by atoms with Crippen LogP contribution < -0.4 is 10.6 Å². The third-order valence-electron chi connectivity index (χ3n) is 4.26. The monoisotopic (exact) mass is 342 g/mol. The molecule has 0 radical (unpaired) electrons. The number of amides is 1. The number of nitro groups is 1. The average molecular weight is 342 g/mol. The van der Waals surface area contributed by atoms with Gasteiger partial charge in [0.05, 0.1) is 4.92 Å². The number of piperazine rings is 1. The number of nitrogen functional groups attached to an aromatic ring is 1. The predicted octanol–water partition coefficient (Wildman–Crippen LogP) is 1.85. The highest BCUT2D eigenvalue weighted by Gasteiger charge is 2.24. The van der Waals surface area contributed by atoms with Crippen LogP contribution >= 0.6 is 0 Å². The molecule has 1 fully saturated rings. The van der Waals surface area contributed by atoms with Gasteiger partial charge in [-0.3, -0.25) is 14.9 Å². The summed E-state index contributed by atoms with van der Waals surface area (Å²) >= 11 is 0. The van der Waals surface area contributed by atoms with Gasteiger partial charge >= 0.3 is 0 Å². The fraction of sp³-hybridized carbons (Fsp3) is 0.235. The van der Waals surface area contributed by atoms with Crippen molar-refractivity contribution in [3.05, 3.63) is 58.1 Å². The minimum absolute atomic E-state index is 0.0405. The molecule has 3 rings (SSSR count). The standard InChI is InChI=1S/C17H18N4O4/c18-15-6-1-12(11-16(15)21(24)25)17(23)20-9-7-19(8-10-20)13-2-4-14(22)5-3-13/h1-6,11,22H,7-10,18H2. The van der Waals surface area contributed by atoms with Crippen LogP contribution in [0.1, 0.15) is 10.4 Å². The van der Waals surface area contributed by atoms with Crippen molar-refractivity contribution in [2.75, 3.05) is 36.8 Å². The molecule has 0 aliphatic carbocycles. The number of carbonyl (C=O) groups is 1. The number of anilines is 2. The SMILES string of the molecule is Nc1ccc(C(=O)N2CCN(c3ccc(O)cc3)CC2)cc1[N+](=O)[O-]. The molecule has 8 nitrogen and oxygen atoms in total. The molecule has 130 valence electrons. The maximum absolute atomic E-state index is 12.6. The maximum atomic E-state index is 12.6. The van der Waals surface area contributed by atoms with Crippen LogP contribution in [0.15, 0.2) is 42.5 Å². The van der Waals surface area contributed by atoms with Crippen LogP contribution in [0.3, 0.4) is 0 Å². The molecule has 1 saturated heterocycles. The summed E-state index contributed by atoms with van der Waals surface area (Å²) in [7, 11) is 0. The van der Waals surface area contributed by atoms with Crippen LogP contribution in [0.25, 0.3) is 0 Å². The van der Waals surface area contributed by atoms with Crippen LogP contribution in [0.4, 0.5) is 17.1 Å². The Kier molecular flexibility index (Phi) is 4.42. The van der Waals surface area contributed by atoms with Crippen molar-refractivity contribution in [1.29, 1.82) is 0 Å². The van der Waals surface area contributed by atoms with Gasteiger partial charge in [0.25, 0.3) is 11.6 Å². The lowest BCUT2D eigenvalue weighted by atomic mass is 10.1. The lowest BCUT2D eigenvalue weighted by Gasteiger charge is -2.36. The number of hydrogen-bond acceptors (Lipinski definition) is 6. The smallest absolute Gasteiger partial charge is 0.292 e. The summed E-state index contributed by atoms with van der Waals surface area (Å²) in [5.41, 5.74) is 6.60. The molecule has 8 heteroatoms. The Bertz CT molecular complexity index is 799. The number of nitrogens with zero attached hydrogens (tertiary/aromatic N) is 3. The summed E-state index contributed by atoms with van der Waals surface area (Å²) in [6, 6.07) is 11.0. The number of benzene rings is 2. The molecule has 2 aromatic carbocycles. The molecule has 25 heavy (non-hydrogen) atoms. The first-order chi connectivity index (χ1) is 12.0. The van der Waals surface area contributed by atoms with E-state index < -0.39 is 4.92 Å². The van der Waals surface area contributed by atoms with E-state index in [1.807, 2.05) is 12.1 Å². The van der Waals surface area contributed by atoms with E-state index in [9.17, 15) is 20.0 Å². The van der Waals surface area contributed by atoms with Gasteiger partial charge in [-0.25, -0.2) is 0 Å². The Hall–Kier alpha value is -3.29. The number of phenolic OH excluding ortho intramolecular Hbond substituents is 1. The zero-order valence-electron chi connectivity index (χ0n) is 13.5. The van der Waals surface area contributed by atoms with Crippen molar-refractivity contribution in [3.63, 3.8) is 0 Å². The molecule has 0 unspecified atom stereocenters. The second-order valence-corrected chi connectivity index (χ2v) is 5.83. The lowest BCUT2D eigenvalue weighted by molar-refractivity contribution is -0.383. The van der Waals surface area contributed by atoms with Crippen LogP contribution in [0, 0.1) is 10.1 Å². The molecule has 0 bridgehead atoms. The fourth-order valence-electron chi connectivity index (χ4n) is 2.85. The van der Waals surface area contributed by atoms with E-state index in [2.05, 4.69) is 4.90 Å². The maximum Gasteiger partial charge on any atom is 0.292 e. The Balaban J connectivity index is 1.68. The number of rotatable bonds is 3. The van der Waals surface area contributed by atoms with Crippen molar-refractivity contribution in [3.8, 4) is 5.75 Å². The summed E-state index contributed by atoms with van der Waals surface area (Å²) in [4.78, 5) is 26.8. The van der Waals surface area contributed by atoms with Gasteiger partial charge < -0.3 is 20.6 Å². The van der Waals surface area contributed by atoms with E-state index in [-0.39, 0.29) is 28.6 Å². The second kappa shape index (κ2) is 6.68. The molecule has 3 N–H and O–H groups in total. The van der Waals surface area contributed by atoms with Gasteiger partial charge in [-0.2, -0.15) is 0 Å². The normalized spacial score (nSPS) is 14.4. The third kappa shape index (κ3) is 3.47. The predicted molar refractivity (Wildman–Crippen MR) is 93.7 cm³/mol. The Morgan fingerprint density at radius 2 is 1.72 bits per heavy atom. The molecule has 1 amide bonds. The quantitative estimate of drug-likeness (QED) is 0.500. The second-order valence-electron chi connectivity index (χ2n) is 5.83. The Morgan fingerprint density at radius 1 is 1.08 bits per heavy atom. The highest BCUT2D eigenvalue weighted by molar-refractivity contribution is 5.95. The largest absolute Gasteiger partial charge is 0.508 e. The van der Waals surface area contributed by atoms with Crippen LogP contribution in [0.5, 0.6) is 5.75 Å². The summed E-state index contributed by atoms with van der Waals surface area (Å²) in [5.74, 6) is -0.0315. The van der Waals surface area contributed by atoms with Crippen molar-refractivity contribution < 1.29 is 14.8 Å². The first-order valence-electron chi connectivity index (χ1n) is 7.83. The number of phenols is 1. The van der Waals surface area contributed by atoms with E-state index in [0.29, 0.717) is 26.2 Å².